The van der Waals surface area contributed by atoms with E-state index in [1.165, 1.54) is 6.20 Å². The summed E-state index contributed by atoms with van der Waals surface area (Å²) in [6, 6.07) is 1.14. The molecule has 0 spiro atoms. The first kappa shape index (κ1) is 7.34. The summed E-state index contributed by atoms with van der Waals surface area (Å²) in [6.07, 6.45) is 1.78. The third-order valence-corrected chi connectivity index (χ3v) is 1.66. The van der Waals surface area contributed by atoms with Crippen LogP contribution in [-0.2, 0) is 0 Å². The van der Waals surface area contributed by atoms with Crippen LogP contribution in [0.25, 0.3) is 0 Å². The van der Waals surface area contributed by atoms with Crippen LogP contribution in [0.2, 0.25) is 0 Å². The Morgan fingerprint density at radius 1 is 1.70 bits per heavy atom. The van der Waals surface area contributed by atoms with E-state index in [0.717, 1.165) is 6.07 Å². The number of nitrogens with zero attached hydrogens (tertiary/aromatic N) is 1. The number of aldehydes is 1. The molecule has 0 aromatic carbocycles. The summed E-state index contributed by atoms with van der Waals surface area (Å²) in [5, 5.41) is 0. The quantitative estimate of drug-likeness (QED) is 0.515. The summed E-state index contributed by atoms with van der Waals surface area (Å²) in [6.45, 7) is 0. The van der Waals surface area contributed by atoms with Crippen molar-refractivity contribution in [3.63, 3.8) is 0 Å². The Morgan fingerprint density at radius 2 is 2.40 bits per heavy atom. The number of rotatable bonds is 1. The van der Waals surface area contributed by atoms with E-state index in [1.54, 1.807) is 0 Å². The maximum absolute atomic E-state index is 12.2. The van der Waals surface area contributed by atoms with Crippen LogP contribution in [0.5, 0.6) is 0 Å². The zero-order valence-electron chi connectivity index (χ0n) is 4.84. The lowest BCUT2D eigenvalue weighted by atomic mass is 10.3. The fourth-order valence-electron chi connectivity index (χ4n) is 0.505. The fourth-order valence-corrected chi connectivity index (χ4v) is 0.889. The van der Waals surface area contributed by atoms with Crippen molar-refractivity contribution in [2.24, 2.45) is 0 Å². The van der Waals surface area contributed by atoms with Crippen LogP contribution < -0.4 is 0 Å². The molecule has 0 radical (unpaired) electrons. The number of hydrogen-bond donors (Lipinski definition) is 0. The van der Waals surface area contributed by atoms with Crippen LogP contribution in [-0.4, -0.2) is 11.3 Å². The lowest BCUT2D eigenvalue weighted by Gasteiger charge is -1.92. The molecule has 0 amide bonds. The highest BCUT2D eigenvalue weighted by molar-refractivity contribution is 9.10. The number of halogens is 2. The SMILES string of the molecule is O=Cc1cnc(F)cc1Br. The van der Waals surface area contributed by atoms with Crippen LogP contribution in [0.15, 0.2) is 16.7 Å². The summed E-state index contributed by atoms with van der Waals surface area (Å²) >= 11 is 3.00. The second-order valence-electron chi connectivity index (χ2n) is 1.65. The van der Waals surface area contributed by atoms with E-state index in [-0.39, 0.29) is 0 Å². The average molecular weight is 204 g/mol. The van der Waals surface area contributed by atoms with Gasteiger partial charge in [-0.15, -0.1) is 0 Å². The molecule has 0 saturated carbocycles. The Labute approximate surface area is 65.2 Å². The van der Waals surface area contributed by atoms with Crippen LogP contribution in [0.3, 0.4) is 0 Å². The molecule has 1 rings (SSSR count). The number of carbonyl (C=O) groups excluding carboxylic acids is 1. The van der Waals surface area contributed by atoms with E-state index in [4.69, 9.17) is 0 Å². The van der Waals surface area contributed by atoms with Crippen LogP contribution >= 0.6 is 15.9 Å². The van der Waals surface area contributed by atoms with Gasteiger partial charge < -0.3 is 0 Å². The van der Waals surface area contributed by atoms with Gasteiger partial charge in [0.15, 0.2) is 6.29 Å². The summed E-state index contributed by atoms with van der Waals surface area (Å²) in [7, 11) is 0. The molecule has 0 fully saturated rings. The van der Waals surface area contributed by atoms with Crippen molar-refractivity contribution in [3.05, 3.63) is 28.2 Å². The van der Waals surface area contributed by atoms with Gasteiger partial charge in [0.2, 0.25) is 5.95 Å². The molecular formula is C6H3BrFNO. The molecular weight excluding hydrogens is 201 g/mol. The van der Waals surface area contributed by atoms with Gasteiger partial charge >= 0.3 is 0 Å². The largest absolute Gasteiger partial charge is 0.298 e. The highest BCUT2D eigenvalue weighted by atomic mass is 79.9. The Hall–Kier alpha value is -0.770. The molecule has 0 saturated heterocycles. The monoisotopic (exact) mass is 203 g/mol. The molecule has 0 aliphatic heterocycles. The van der Waals surface area contributed by atoms with E-state index in [1.807, 2.05) is 0 Å². The van der Waals surface area contributed by atoms with Crippen molar-refractivity contribution in [1.29, 1.82) is 0 Å². The first-order valence-electron chi connectivity index (χ1n) is 2.50. The van der Waals surface area contributed by atoms with Gasteiger partial charge in [0, 0.05) is 22.3 Å². The molecule has 0 bridgehead atoms. The van der Waals surface area contributed by atoms with Gasteiger partial charge in [0.1, 0.15) is 0 Å². The number of aromatic nitrogens is 1. The van der Waals surface area contributed by atoms with Crippen LogP contribution in [0.4, 0.5) is 4.39 Å². The van der Waals surface area contributed by atoms with Crippen molar-refractivity contribution in [3.8, 4) is 0 Å². The van der Waals surface area contributed by atoms with E-state index >= 15 is 0 Å². The molecule has 4 heteroatoms. The van der Waals surface area contributed by atoms with E-state index in [9.17, 15) is 9.18 Å². The minimum Gasteiger partial charge on any atom is -0.298 e. The van der Waals surface area contributed by atoms with Crippen LogP contribution in [0, 0.1) is 5.95 Å². The lowest BCUT2D eigenvalue weighted by Crippen LogP contribution is -1.87. The molecule has 52 valence electrons. The van der Waals surface area contributed by atoms with Crippen molar-refractivity contribution in [2.45, 2.75) is 0 Å². The van der Waals surface area contributed by atoms with Crippen molar-refractivity contribution >= 4 is 22.2 Å². The Morgan fingerprint density at radius 3 is 2.90 bits per heavy atom. The Bertz CT molecular complexity index is 264. The Kier molecular flexibility index (Phi) is 2.11. The standard InChI is InChI=1S/C6H3BrFNO/c7-5-1-6(8)9-2-4(5)3-10/h1-3H. The third kappa shape index (κ3) is 1.39. The average Bonchev–Trinajstić information content (AvgIpc) is 1.88. The zero-order chi connectivity index (χ0) is 7.56. The smallest absolute Gasteiger partial charge is 0.213 e. The maximum Gasteiger partial charge on any atom is 0.213 e. The number of carbonyl (C=O) groups is 1. The van der Waals surface area contributed by atoms with E-state index in [2.05, 4.69) is 20.9 Å². The van der Waals surface area contributed by atoms with Gasteiger partial charge in [-0.2, -0.15) is 4.39 Å². The van der Waals surface area contributed by atoms with Gasteiger partial charge in [-0.05, 0) is 15.9 Å². The topological polar surface area (TPSA) is 30.0 Å². The molecule has 0 aliphatic rings. The van der Waals surface area contributed by atoms with E-state index < -0.39 is 5.95 Å². The first-order chi connectivity index (χ1) is 4.74. The number of pyridine rings is 1. The van der Waals surface area contributed by atoms with Crippen molar-refractivity contribution in [2.75, 3.05) is 0 Å². The predicted molar refractivity (Wildman–Crippen MR) is 37.3 cm³/mol. The second kappa shape index (κ2) is 2.88. The second-order valence-corrected chi connectivity index (χ2v) is 2.50. The minimum absolute atomic E-state index is 0.349. The lowest BCUT2D eigenvalue weighted by molar-refractivity contribution is 0.112. The summed E-state index contributed by atoms with van der Waals surface area (Å²) in [5.41, 5.74) is 0.349. The highest BCUT2D eigenvalue weighted by Crippen LogP contribution is 2.13. The van der Waals surface area contributed by atoms with Gasteiger partial charge in [-0.3, -0.25) is 4.79 Å². The van der Waals surface area contributed by atoms with Crippen molar-refractivity contribution in [1.82, 2.24) is 4.98 Å². The molecule has 0 aliphatic carbocycles. The normalized spacial score (nSPS) is 9.40. The molecule has 1 heterocycles. The van der Waals surface area contributed by atoms with E-state index in [0.29, 0.717) is 16.3 Å². The first-order valence-corrected chi connectivity index (χ1v) is 3.29. The fraction of sp³-hybridized carbons (Fsp3) is 0. The molecule has 10 heavy (non-hydrogen) atoms. The summed E-state index contributed by atoms with van der Waals surface area (Å²) < 4.78 is 12.7. The third-order valence-electron chi connectivity index (χ3n) is 0.976. The summed E-state index contributed by atoms with van der Waals surface area (Å²) in [4.78, 5) is 13.4. The minimum atomic E-state index is -0.600. The molecule has 0 atom stereocenters. The Balaban J connectivity index is 3.19. The van der Waals surface area contributed by atoms with Crippen molar-refractivity contribution < 1.29 is 9.18 Å². The van der Waals surface area contributed by atoms with Crippen LogP contribution in [0.1, 0.15) is 10.4 Å². The number of hydrogen-bond acceptors (Lipinski definition) is 2. The van der Waals surface area contributed by atoms with Gasteiger partial charge in [-0.1, -0.05) is 0 Å². The van der Waals surface area contributed by atoms with Gasteiger partial charge in [0.25, 0.3) is 0 Å². The molecule has 0 N–H and O–H groups in total. The molecule has 1 aromatic rings. The zero-order valence-corrected chi connectivity index (χ0v) is 6.43. The molecule has 2 nitrogen and oxygen atoms in total. The van der Waals surface area contributed by atoms with Gasteiger partial charge in [-0.25, -0.2) is 4.98 Å². The predicted octanol–water partition coefficient (Wildman–Crippen LogP) is 1.80. The molecule has 0 unspecified atom stereocenters. The van der Waals surface area contributed by atoms with Gasteiger partial charge in [0.05, 0.1) is 0 Å². The highest BCUT2D eigenvalue weighted by Gasteiger charge is 1.99. The summed E-state index contributed by atoms with van der Waals surface area (Å²) in [5.74, 6) is -0.600. The molecule has 1 aromatic heterocycles. The maximum atomic E-state index is 12.2.